The van der Waals surface area contributed by atoms with Crippen molar-refractivity contribution in [3.8, 4) is 0 Å². The van der Waals surface area contributed by atoms with Crippen molar-refractivity contribution >= 4 is 0 Å². The fourth-order valence-corrected chi connectivity index (χ4v) is 7.17. The SMILES string of the molecule is C[C@]12CC[C@H]3[C@@H]([C@@H](O)CC4C[C@@H](O)CC[C@@]43C)[C@@H]1CC[C@@H]2O. The molecule has 0 radical (unpaired) electrons. The first kappa shape index (κ1) is 15.4. The minimum atomic E-state index is -0.233. The van der Waals surface area contributed by atoms with Gasteiger partial charge < -0.3 is 15.3 Å². The van der Waals surface area contributed by atoms with Gasteiger partial charge in [0.15, 0.2) is 0 Å². The third kappa shape index (κ3) is 1.91. The van der Waals surface area contributed by atoms with E-state index in [1.54, 1.807) is 0 Å². The van der Waals surface area contributed by atoms with Crippen molar-refractivity contribution in [3.63, 3.8) is 0 Å². The zero-order valence-electron chi connectivity index (χ0n) is 14.0. The number of hydrogen-bond donors (Lipinski definition) is 3. The summed E-state index contributed by atoms with van der Waals surface area (Å²) in [7, 11) is 0. The van der Waals surface area contributed by atoms with Crippen LogP contribution in [0.4, 0.5) is 0 Å². The number of hydrogen-bond acceptors (Lipinski definition) is 3. The van der Waals surface area contributed by atoms with Gasteiger partial charge in [-0.1, -0.05) is 13.8 Å². The van der Waals surface area contributed by atoms with Crippen molar-refractivity contribution in [3.05, 3.63) is 0 Å². The molecule has 0 aliphatic heterocycles. The third-order valence-electron chi connectivity index (χ3n) is 8.61. The monoisotopic (exact) mass is 308 g/mol. The predicted octanol–water partition coefficient (Wildman–Crippen LogP) is 2.72. The second-order valence-corrected chi connectivity index (χ2v) is 9.36. The molecular weight excluding hydrogens is 276 g/mol. The van der Waals surface area contributed by atoms with Gasteiger partial charge in [-0.25, -0.2) is 0 Å². The fourth-order valence-electron chi connectivity index (χ4n) is 7.17. The molecule has 0 saturated heterocycles. The molecule has 1 unspecified atom stereocenters. The van der Waals surface area contributed by atoms with Crippen molar-refractivity contribution in [2.24, 2.45) is 34.5 Å². The van der Waals surface area contributed by atoms with Crippen molar-refractivity contribution in [2.45, 2.75) is 83.5 Å². The largest absolute Gasteiger partial charge is 0.393 e. The Balaban J connectivity index is 1.67. The molecule has 3 N–H and O–H groups in total. The molecule has 3 heteroatoms. The molecule has 0 spiro atoms. The fraction of sp³-hybridized carbons (Fsp3) is 1.00. The summed E-state index contributed by atoms with van der Waals surface area (Å²) in [6.07, 6.45) is 7.45. The highest BCUT2D eigenvalue weighted by Gasteiger charge is 2.62. The van der Waals surface area contributed by atoms with E-state index in [1.165, 1.54) is 0 Å². The van der Waals surface area contributed by atoms with E-state index in [-0.39, 0.29) is 29.1 Å². The van der Waals surface area contributed by atoms with Gasteiger partial charge in [-0.2, -0.15) is 0 Å². The Hall–Kier alpha value is -0.120. The summed E-state index contributed by atoms with van der Waals surface area (Å²) in [4.78, 5) is 0. The summed E-state index contributed by atoms with van der Waals surface area (Å²) >= 11 is 0. The smallest absolute Gasteiger partial charge is 0.0596 e. The molecule has 0 aromatic rings. The minimum Gasteiger partial charge on any atom is -0.393 e. The van der Waals surface area contributed by atoms with Gasteiger partial charge >= 0.3 is 0 Å². The van der Waals surface area contributed by atoms with Crippen LogP contribution in [-0.4, -0.2) is 33.6 Å². The normalized spacial score (nSPS) is 61.2. The summed E-state index contributed by atoms with van der Waals surface area (Å²) < 4.78 is 0. The van der Waals surface area contributed by atoms with Crippen molar-refractivity contribution in [1.82, 2.24) is 0 Å². The zero-order chi connectivity index (χ0) is 15.7. The van der Waals surface area contributed by atoms with Gasteiger partial charge in [-0.15, -0.1) is 0 Å². The first-order valence-corrected chi connectivity index (χ1v) is 9.40. The van der Waals surface area contributed by atoms with Gasteiger partial charge in [0.25, 0.3) is 0 Å². The molecule has 0 amide bonds. The Labute approximate surface area is 134 Å². The summed E-state index contributed by atoms with van der Waals surface area (Å²) in [5.41, 5.74) is 0.317. The van der Waals surface area contributed by atoms with Crippen molar-refractivity contribution in [1.29, 1.82) is 0 Å². The van der Waals surface area contributed by atoms with Crippen LogP contribution in [0.1, 0.15) is 65.2 Å². The highest BCUT2D eigenvalue weighted by molar-refractivity contribution is 5.11. The minimum absolute atomic E-state index is 0.0273. The Morgan fingerprint density at radius 1 is 0.773 bits per heavy atom. The highest BCUT2D eigenvalue weighted by Crippen LogP contribution is 2.66. The van der Waals surface area contributed by atoms with Crippen LogP contribution < -0.4 is 0 Å². The molecule has 4 saturated carbocycles. The molecule has 4 fully saturated rings. The van der Waals surface area contributed by atoms with Crippen molar-refractivity contribution in [2.75, 3.05) is 0 Å². The van der Waals surface area contributed by atoms with Crippen LogP contribution in [0.5, 0.6) is 0 Å². The molecule has 0 aromatic heterocycles. The molecule has 0 bridgehead atoms. The van der Waals surface area contributed by atoms with E-state index in [4.69, 9.17) is 0 Å². The number of rotatable bonds is 0. The first-order valence-electron chi connectivity index (χ1n) is 9.40. The molecule has 0 heterocycles. The quantitative estimate of drug-likeness (QED) is 0.645. The second-order valence-electron chi connectivity index (χ2n) is 9.36. The Morgan fingerprint density at radius 2 is 1.45 bits per heavy atom. The molecular formula is C19H32O3. The number of aliphatic hydroxyl groups is 3. The van der Waals surface area contributed by atoms with Crippen LogP contribution >= 0.6 is 0 Å². The summed E-state index contributed by atoms with van der Waals surface area (Å²) in [6.45, 7) is 4.69. The van der Waals surface area contributed by atoms with E-state index in [1.807, 2.05) is 0 Å². The molecule has 3 nitrogen and oxygen atoms in total. The maximum atomic E-state index is 10.9. The Kier molecular flexibility index (Phi) is 3.46. The van der Waals surface area contributed by atoms with Crippen LogP contribution in [0.3, 0.4) is 0 Å². The number of aliphatic hydroxyl groups excluding tert-OH is 3. The van der Waals surface area contributed by atoms with Gasteiger partial charge in [0.2, 0.25) is 0 Å². The average Bonchev–Trinajstić information content (AvgIpc) is 2.77. The topological polar surface area (TPSA) is 60.7 Å². The van der Waals surface area contributed by atoms with Gasteiger partial charge in [0.1, 0.15) is 0 Å². The van der Waals surface area contributed by atoms with Gasteiger partial charge in [-0.3, -0.25) is 0 Å². The Morgan fingerprint density at radius 3 is 2.23 bits per heavy atom. The van der Waals surface area contributed by atoms with Gasteiger partial charge in [0, 0.05) is 0 Å². The van der Waals surface area contributed by atoms with E-state index in [0.717, 1.165) is 51.4 Å². The summed E-state index contributed by atoms with van der Waals surface area (Å²) in [5.74, 6) is 1.91. The van der Waals surface area contributed by atoms with E-state index in [0.29, 0.717) is 23.7 Å². The Bertz CT molecular complexity index is 452. The lowest BCUT2D eigenvalue weighted by Crippen LogP contribution is -2.58. The molecule has 126 valence electrons. The van der Waals surface area contributed by atoms with Crippen molar-refractivity contribution < 1.29 is 15.3 Å². The lowest BCUT2D eigenvalue weighted by Gasteiger charge is -2.62. The lowest BCUT2D eigenvalue weighted by molar-refractivity contribution is -0.176. The van der Waals surface area contributed by atoms with E-state index < -0.39 is 0 Å². The van der Waals surface area contributed by atoms with Crippen LogP contribution in [0, 0.1) is 34.5 Å². The maximum absolute atomic E-state index is 10.9. The molecule has 4 aliphatic carbocycles. The van der Waals surface area contributed by atoms with E-state index in [2.05, 4.69) is 13.8 Å². The van der Waals surface area contributed by atoms with Crippen LogP contribution in [0.2, 0.25) is 0 Å². The van der Waals surface area contributed by atoms with Gasteiger partial charge in [-0.05, 0) is 85.9 Å². The molecule has 4 rings (SSSR count). The van der Waals surface area contributed by atoms with Crippen LogP contribution in [0.15, 0.2) is 0 Å². The highest BCUT2D eigenvalue weighted by atomic mass is 16.3. The molecule has 22 heavy (non-hydrogen) atoms. The lowest BCUT2D eigenvalue weighted by atomic mass is 9.44. The third-order valence-corrected chi connectivity index (χ3v) is 8.61. The average molecular weight is 308 g/mol. The van der Waals surface area contributed by atoms with Crippen LogP contribution in [0.25, 0.3) is 0 Å². The maximum Gasteiger partial charge on any atom is 0.0596 e. The summed E-state index contributed by atoms with van der Waals surface area (Å²) in [6, 6.07) is 0. The first-order chi connectivity index (χ1) is 10.4. The van der Waals surface area contributed by atoms with E-state index >= 15 is 0 Å². The van der Waals surface area contributed by atoms with Crippen LogP contribution in [-0.2, 0) is 0 Å². The summed E-state index contributed by atoms with van der Waals surface area (Å²) in [5, 5.41) is 31.5. The second kappa shape index (κ2) is 4.94. The number of fused-ring (bicyclic) bond motifs is 5. The predicted molar refractivity (Wildman–Crippen MR) is 85.1 cm³/mol. The molecule has 9 atom stereocenters. The zero-order valence-corrected chi connectivity index (χ0v) is 14.0. The molecule has 0 aromatic carbocycles. The van der Waals surface area contributed by atoms with Gasteiger partial charge in [0.05, 0.1) is 18.3 Å². The van der Waals surface area contributed by atoms with E-state index in [9.17, 15) is 15.3 Å². The standard InChI is InChI=1S/C19H32O3/c1-18-7-5-12(20)9-11(18)10-15(21)17-13-3-4-16(22)19(13,2)8-6-14(17)18/h11-17,20-22H,3-10H2,1-2H3/t11?,12-,13-,14-,15-,16-,17-,18-,19-/m0/s1. The molecule has 4 aliphatic rings.